The Morgan fingerprint density at radius 1 is 1.26 bits per heavy atom. The van der Waals surface area contributed by atoms with Crippen LogP contribution in [-0.2, 0) is 4.79 Å². The molecule has 1 aliphatic rings. The number of amides is 1. The van der Waals surface area contributed by atoms with E-state index in [1.165, 1.54) is 46.4 Å². The van der Waals surface area contributed by atoms with Crippen LogP contribution in [0.5, 0.6) is 0 Å². The summed E-state index contributed by atoms with van der Waals surface area (Å²) in [6.07, 6.45) is 1.98. The van der Waals surface area contributed by atoms with Crippen LogP contribution in [-0.4, -0.2) is 48.9 Å². The van der Waals surface area contributed by atoms with Crippen molar-refractivity contribution < 1.29 is 28.4 Å². The van der Waals surface area contributed by atoms with Crippen LogP contribution in [0.2, 0.25) is 0 Å². The van der Waals surface area contributed by atoms with Gasteiger partial charge in [0.25, 0.3) is 5.91 Å². The van der Waals surface area contributed by atoms with Gasteiger partial charge in [0, 0.05) is 18.5 Å². The molecule has 0 unspecified atom stereocenters. The van der Waals surface area contributed by atoms with Gasteiger partial charge in [0.2, 0.25) is 5.78 Å². The topological polar surface area (TPSA) is 75.2 Å². The molecule has 0 spiro atoms. The molecule has 142 valence electrons. The fourth-order valence-electron chi connectivity index (χ4n) is 3.28. The highest BCUT2D eigenvalue weighted by molar-refractivity contribution is 6.15. The standard InChI is InChI=1S/C20H21FN2O4/c1-22(2)10-6-11-23-17(13-7-3-4-8-14(13)21)16(19(25)20(23)26)18(24)15-9-5-12-27-15/h3-5,7-9,12,17,25H,6,10-11H2,1-2H3/p+1/t17-/m0/s1. The lowest BCUT2D eigenvalue weighted by Crippen LogP contribution is -3.05. The van der Waals surface area contributed by atoms with Crippen molar-refractivity contribution in [1.29, 1.82) is 0 Å². The maximum absolute atomic E-state index is 14.5. The Morgan fingerprint density at radius 2 is 2.00 bits per heavy atom. The maximum atomic E-state index is 14.5. The Balaban J connectivity index is 2.02. The van der Waals surface area contributed by atoms with Gasteiger partial charge in [-0.3, -0.25) is 9.59 Å². The molecule has 0 radical (unpaired) electrons. The molecule has 2 aromatic rings. The van der Waals surface area contributed by atoms with E-state index in [0.717, 1.165) is 6.54 Å². The molecule has 0 aliphatic carbocycles. The van der Waals surface area contributed by atoms with E-state index in [9.17, 15) is 19.1 Å². The van der Waals surface area contributed by atoms with Gasteiger partial charge in [-0.1, -0.05) is 18.2 Å². The first-order chi connectivity index (χ1) is 12.9. The van der Waals surface area contributed by atoms with Crippen molar-refractivity contribution >= 4 is 11.7 Å². The Hall–Kier alpha value is -2.93. The maximum Gasteiger partial charge on any atom is 0.290 e. The SMILES string of the molecule is C[NH+](C)CCCN1C(=O)C(O)=C(C(=O)c2ccco2)[C@@H]1c1ccccc1F. The van der Waals surface area contributed by atoms with E-state index in [1.54, 1.807) is 6.07 Å². The number of hydrogen-bond acceptors (Lipinski definition) is 4. The fourth-order valence-corrected chi connectivity index (χ4v) is 3.28. The van der Waals surface area contributed by atoms with Crippen LogP contribution in [0.25, 0.3) is 0 Å². The van der Waals surface area contributed by atoms with Crippen LogP contribution in [0.3, 0.4) is 0 Å². The van der Waals surface area contributed by atoms with E-state index < -0.39 is 29.3 Å². The average Bonchev–Trinajstić information content (AvgIpc) is 3.24. The molecule has 0 saturated heterocycles. The number of carbonyl (C=O) groups excluding carboxylic acids is 2. The summed E-state index contributed by atoms with van der Waals surface area (Å²) in [6, 6.07) is 7.95. The van der Waals surface area contributed by atoms with Gasteiger partial charge in [-0.05, 0) is 18.2 Å². The van der Waals surface area contributed by atoms with E-state index in [-0.39, 0.29) is 16.9 Å². The zero-order valence-corrected chi connectivity index (χ0v) is 15.2. The van der Waals surface area contributed by atoms with Gasteiger partial charge in [0.05, 0.1) is 38.5 Å². The minimum Gasteiger partial charge on any atom is -0.503 e. The highest BCUT2D eigenvalue weighted by Crippen LogP contribution is 2.39. The quantitative estimate of drug-likeness (QED) is 0.722. The van der Waals surface area contributed by atoms with E-state index in [1.807, 2.05) is 14.1 Å². The van der Waals surface area contributed by atoms with Crippen molar-refractivity contribution in [1.82, 2.24) is 4.90 Å². The van der Waals surface area contributed by atoms with Crippen molar-refractivity contribution in [2.24, 2.45) is 0 Å². The lowest BCUT2D eigenvalue weighted by molar-refractivity contribution is -0.858. The number of Topliss-reactive ketones (excluding diaryl/α,β-unsaturated/α-hetero) is 1. The Labute approximate surface area is 156 Å². The zero-order chi connectivity index (χ0) is 19.6. The van der Waals surface area contributed by atoms with Crippen molar-refractivity contribution in [3.8, 4) is 0 Å². The van der Waals surface area contributed by atoms with Gasteiger partial charge in [-0.15, -0.1) is 0 Å². The summed E-state index contributed by atoms with van der Waals surface area (Å²) in [5.41, 5.74) is 0.0132. The molecule has 3 rings (SSSR count). The smallest absolute Gasteiger partial charge is 0.290 e. The number of furan rings is 1. The monoisotopic (exact) mass is 373 g/mol. The molecule has 27 heavy (non-hydrogen) atoms. The zero-order valence-electron chi connectivity index (χ0n) is 15.2. The number of aliphatic hydroxyl groups is 1. The molecule has 2 heterocycles. The van der Waals surface area contributed by atoms with Crippen LogP contribution >= 0.6 is 0 Å². The molecule has 1 aromatic carbocycles. The van der Waals surface area contributed by atoms with E-state index in [0.29, 0.717) is 13.0 Å². The normalized spacial score (nSPS) is 17.3. The predicted molar refractivity (Wildman–Crippen MR) is 95.8 cm³/mol. The number of hydrogen-bond donors (Lipinski definition) is 2. The molecule has 6 nitrogen and oxygen atoms in total. The third-order valence-corrected chi connectivity index (χ3v) is 4.57. The number of rotatable bonds is 7. The van der Waals surface area contributed by atoms with Crippen molar-refractivity contribution in [2.75, 3.05) is 27.2 Å². The van der Waals surface area contributed by atoms with Crippen LogP contribution < -0.4 is 4.90 Å². The van der Waals surface area contributed by atoms with Gasteiger partial charge in [0.1, 0.15) is 5.82 Å². The number of quaternary nitrogens is 1. The number of halogens is 1. The van der Waals surface area contributed by atoms with Gasteiger partial charge in [-0.25, -0.2) is 4.39 Å². The summed E-state index contributed by atoms with van der Waals surface area (Å²) < 4.78 is 19.6. The highest BCUT2D eigenvalue weighted by Gasteiger charge is 2.45. The average molecular weight is 373 g/mol. The molecule has 1 aromatic heterocycles. The van der Waals surface area contributed by atoms with E-state index in [4.69, 9.17) is 4.42 Å². The largest absolute Gasteiger partial charge is 0.503 e. The lowest BCUT2D eigenvalue weighted by atomic mass is 9.94. The second-order valence-electron chi connectivity index (χ2n) is 6.80. The number of benzene rings is 1. The molecule has 0 saturated carbocycles. The first-order valence-electron chi connectivity index (χ1n) is 8.77. The Kier molecular flexibility index (Phi) is 5.41. The number of nitrogens with one attached hydrogen (secondary N) is 1. The van der Waals surface area contributed by atoms with Gasteiger partial charge in [0.15, 0.2) is 11.5 Å². The third-order valence-electron chi connectivity index (χ3n) is 4.57. The van der Waals surface area contributed by atoms with Crippen LogP contribution in [0.15, 0.2) is 58.4 Å². The highest BCUT2D eigenvalue weighted by atomic mass is 19.1. The minimum absolute atomic E-state index is 0.00900. The molecule has 7 heteroatoms. The molecule has 1 amide bonds. The summed E-state index contributed by atoms with van der Waals surface area (Å²) in [6.45, 7) is 1.08. The molecule has 0 bridgehead atoms. The summed E-state index contributed by atoms with van der Waals surface area (Å²) in [5, 5.41) is 10.4. The van der Waals surface area contributed by atoms with Crippen molar-refractivity contribution in [3.05, 3.63) is 71.1 Å². The molecule has 1 aliphatic heterocycles. The minimum atomic E-state index is -0.992. The van der Waals surface area contributed by atoms with Crippen molar-refractivity contribution in [3.63, 3.8) is 0 Å². The molecule has 0 fully saturated rings. The third kappa shape index (κ3) is 3.64. The van der Waals surface area contributed by atoms with E-state index in [2.05, 4.69) is 0 Å². The van der Waals surface area contributed by atoms with Crippen molar-refractivity contribution in [2.45, 2.75) is 12.5 Å². The molecular formula is C20H22FN2O4+. The summed E-state index contributed by atoms with van der Waals surface area (Å²) in [4.78, 5) is 28.1. The number of ketones is 1. The van der Waals surface area contributed by atoms with Crippen LogP contribution in [0.1, 0.15) is 28.6 Å². The summed E-state index contributed by atoms with van der Waals surface area (Å²) >= 11 is 0. The van der Waals surface area contributed by atoms with Crippen LogP contribution in [0, 0.1) is 5.82 Å². The molecule has 1 atom stereocenters. The first-order valence-corrected chi connectivity index (χ1v) is 8.77. The fraction of sp³-hybridized carbons (Fsp3) is 0.300. The van der Waals surface area contributed by atoms with E-state index >= 15 is 0 Å². The van der Waals surface area contributed by atoms with Gasteiger partial charge < -0.3 is 19.3 Å². The summed E-state index contributed by atoms with van der Waals surface area (Å²) in [7, 11) is 3.98. The van der Waals surface area contributed by atoms with Gasteiger partial charge >= 0.3 is 0 Å². The Bertz CT molecular complexity index is 874. The first kappa shape index (κ1) is 18.8. The number of nitrogens with zero attached hydrogens (tertiary/aromatic N) is 1. The Morgan fingerprint density at radius 3 is 2.63 bits per heavy atom. The molecule has 2 N–H and O–H groups in total. The van der Waals surface area contributed by atoms with Crippen LogP contribution in [0.4, 0.5) is 4.39 Å². The number of aliphatic hydroxyl groups excluding tert-OH is 1. The number of carbonyl (C=O) groups is 2. The predicted octanol–water partition coefficient (Wildman–Crippen LogP) is 1.53. The lowest BCUT2D eigenvalue weighted by Gasteiger charge is -2.27. The second-order valence-corrected chi connectivity index (χ2v) is 6.80. The van der Waals surface area contributed by atoms with Gasteiger partial charge in [-0.2, -0.15) is 0 Å². The molecular weight excluding hydrogens is 351 g/mol. The second kappa shape index (κ2) is 7.75. The summed E-state index contributed by atoms with van der Waals surface area (Å²) in [5.74, 6) is -2.50.